The van der Waals surface area contributed by atoms with Crippen LogP contribution in [0.15, 0.2) is 0 Å². The molecule has 0 saturated carbocycles. The molecule has 2 saturated heterocycles. The second kappa shape index (κ2) is 8.18. The molecule has 4 spiro atoms. The number of alkyl carbamates (subject to hydrolysis) is 1. The van der Waals surface area contributed by atoms with Crippen LogP contribution in [0.2, 0.25) is 0 Å². The van der Waals surface area contributed by atoms with Crippen molar-refractivity contribution in [3.63, 3.8) is 0 Å². The molecular weight excluding hydrogens is 1010 g/mol. The zero-order chi connectivity index (χ0) is 50.9. The van der Waals surface area contributed by atoms with Crippen molar-refractivity contribution in [3.05, 3.63) is 44.5 Å². The van der Waals surface area contributed by atoms with E-state index in [4.69, 9.17) is 9.47 Å². The van der Waals surface area contributed by atoms with Gasteiger partial charge in [0.15, 0.2) is 0 Å². The summed E-state index contributed by atoms with van der Waals surface area (Å²) in [5.74, 6) is -0.105. The van der Waals surface area contributed by atoms with Crippen molar-refractivity contribution in [1.82, 2.24) is 15.1 Å². The van der Waals surface area contributed by atoms with Crippen molar-refractivity contribution in [2.75, 3.05) is 52.9 Å². The highest BCUT2D eigenvalue weighted by Gasteiger charge is 2.77. The molecule has 368 valence electrons. The predicted molar refractivity (Wildman–Crippen MR) is 331 cm³/mol. The lowest BCUT2D eigenvalue weighted by Crippen LogP contribution is -2.51. The normalized spacial score (nSPS) is 26.2. The Morgan fingerprint density at radius 1 is 0.341 bits per heavy atom. The Balaban J connectivity index is 0.962. The van der Waals surface area contributed by atoms with Crippen molar-refractivity contribution in [3.8, 4) is 0 Å². The van der Waals surface area contributed by atoms with Gasteiger partial charge in [-0.2, -0.15) is 0 Å². The smallest absolute Gasteiger partial charge is 0.407 e. The Hall–Kier alpha value is -8.62. The Bertz CT molecular complexity index is 7690. The van der Waals surface area contributed by atoms with E-state index in [1.165, 1.54) is 0 Å². The molecule has 24 aromatic carbocycles. The van der Waals surface area contributed by atoms with Gasteiger partial charge in [-0.3, -0.25) is 9.69 Å². The molecule has 10 aliphatic rings. The monoisotopic (exact) mass is 1040 g/mol. The number of hydrogen-bond acceptors (Lipinski definition) is 6. The number of carbonyl (C=O) groups excluding carboxylic acids is 2. The molecule has 24 aromatic rings. The van der Waals surface area contributed by atoms with Crippen LogP contribution < -0.4 is 5.32 Å². The summed E-state index contributed by atoms with van der Waals surface area (Å²) in [7, 11) is 1.58. The van der Waals surface area contributed by atoms with Crippen LogP contribution in [-0.4, -0.2) is 80.4 Å². The molecular formula is C75H29N3O4. The van der Waals surface area contributed by atoms with Crippen LogP contribution in [-0.2, 0) is 35.9 Å². The van der Waals surface area contributed by atoms with E-state index in [0.29, 0.717) is 19.5 Å². The molecule has 1 N–H and O–H groups in total. The standard InChI is InChI=1S/C75H29N3O4/c1-71(2,3)82-70(80)76-6-8-78-11-74-63-47-36-25-18-17-21-14-15-20-16-19(14)30-39-28(21)35-24(17)26-27(25)38-34-37(26)48-46(35)62-50(39)52-41(30)32-23(16)33-42-31(20)40(29(36)22(15)18)51(63)53(42)65-55-44(33)43(32)54-58-59(55)69(75(65,74)12-78)61-57(67(74)49(38)47)45(34)56-60(61)68(58)73(64(52)54)10-77(7-5-13(79)81-4)9-72(62,73)66(48)56/h5-12H2,1-4H3,(H,76,80). The molecule has 2 aliphatic heterocycles. The van der Waals surface area contributed by atoms with E-state index >= 15 is 0 Å². The Labute approximate surface area is 454 Å². The van der Waals surface area contributed by atoms with Crippen molar-refractivity contribution in [2.24, 2.45) is 0 Å². The zero-order valence-electron chi connectivity index (χ0n) is 44.2. The Morgan fingerprint density at radius 3 is 0.756 bits per heavy atom. The van der Waals surface area contributed by atoms with Gasteiger partial charge in [-0.05, 0) is 324 Å². The van der Waals surface area contributed by atoms with Crippen molar-refractivity contribution >= 4 is 271 Å². The molecule has 1 amide bonds. The van der Waals surface area contributed by atoms with Crippen LogP contribution in [0.3, 0.4) is 0 Å². The van der Waals surface area contributed by atoms with Gasteiger partial charge in [0.2, 0.25) is 0 Å². The molecule has 34 rings (SSSR count). The van der Waals surface area contributed by atoms with E-state index in [1.807, 2.05) is 20.8 Å². The number of nitrogens with one attached hydrogen (secondary N) is 1. The first kappa shape index (κ1) is 34.6. The van der Waals surface area contributed by atoms with Crippen LogP contribution in [0, 0.1) is 0 Å². The summed E-state index contributed by atoms with van der Waals surface area (Å²) in [6.45, 7) is 11.6. The van der Waals surface area contributed by atoms with Gasteiger partial charge in [-0.15, -0.1) is 0 Å². The van der Waals surface area contributed by atoms with E-state index in [2.05, 4.69) is 15.1 Å². The minimum Gasteiger partial charge on any atom is -0.469 e. The fourth-order valence-corrected chi connectivity index (χ4v) is 28.5. The number of likely N-dealkylation sites (tertiary alicyclic amines) is 2. The molecule has 82 heavy (non-hydrogen) atoms. The van der Waals surface area contributed by atoms with Crippen LogP contribution in [0.25, 0.3) is 259 Å². The number of nitrogens with zero attached hydrogens (tertiary/aromatic N) is 2. The maximum atomic E-state index is 13.6. The highest BCUT2D eigenvalue weighted by atomic mass is 16.6. The van der Waals surface area contributed by atoms with E-state index in [1.54, 1.807) is 310 Å². The first-order valence-corrected chi connectivity index (χ1v) is 30.7. The first-order valence-electron chi connectivity index (χ1n) is 30.7. The van der Waals surface area contributed by atoms with Crippen molar-refractivity contribution in [1.29, 1.82) is 0 Å². The highest BCUT2D eigenvalue weighted by molar-refractivity contribution is 6.78. The van der Waals surface area contributed by atoms with Crippen LogP contribution >= 0.6 is 0 Å². The summed E-state index contributed by atoms with van der Waals surface area (Å²) in [5, 5.41) is 81.3. The third kappa shape index (κ3) is 2.05. The van der Waals surface area contributed by atoms with Gasteiger partial charge in [-0.1, -0.05) is 0 Å². The van der Waals surface area contributed by atoms with Crippen LogP contribution in [0.5, 0.6) is 0 Å². The first-order chi connectivity index (χ1) is 40.2. The summed E-state index contributed by atoms with van der Waals surface area (Å²) >= 11 is 0. The maximum Gasteiger partial charge on any atom is 0.407 e. The van der Waals surface area contributed by atoms with Gasteiger partial charge < -0.3 is 19.7 Å². The van der Waals surface area contributed by atoms with Crippen LogP contribution in [0.4, 0.5) is 4.79 Å². The summed E-state index contributed by atoms with van der Waals surface area (Å²) in [4.78, 5) is 32.9. The zero-order valence-corrected chi connectivity index (χ0v) is 44.2. The molecule has 2 fully saturated rings. The molecule has 8 aliphatic carbocycles. The minimum atomic E-state index is -0.568. The summed E-state index contributed by atoms with van der Waals surface area (Å²) < 4.78 is 11.5. The number of methoxy groups -OCH3 is 1. The topological polar surface area (TPSA) is 71.1 Å². The average molecular weight is 1040 g/mol. The molecule has 7 heteroatoms. The number of hydrogen-bond donors (Lipinski definition) is 1. The predicted octanol–water partition coefficient (Wildman–Crippen LogP) is 15.6. The molecule has 0 aromatic heterocycles. The second-order valence-electron chi connectivity index (χ2n) is 30.8. The van der Waals surface area contributed by atoms with E-state index < -0.39 is 5.60 Å². The highest BCUT2D eigenvalue weighted by Crippen LogP contribution is 2.88. The molecule has 0 bridgehead atoms. The number of ether oxygens (including phenoxy) is 2. The lowest BCUT2D eigenvalue weighted by molar-refractivity contribution is -0.140. The Morgan fingerprint density at radius 2 is 0.537 bits per heavy atom. The van der Waals surface area contributed by atoms with Crippen molar-refractivity contribution in [2.45, 2.75) is 54.5 Å². The van der Waals surface area contributed by atoms with E-state index in [9.17, 15) is 9.59 Å². The van der Waals surface area contributed by atoms with Crippen molar-refractivity contribution < 1.29 is 19.1 Å². The quantitative estimate of drug-likeness (QED) is 0.132. The summed E-state index contributed by atoms with van der Waals surface area (Å²) in [6, 6.07) is 0. The van der Waals surface area contributed by atoms with Gasteiger partial charge in [-0.25, -0.2) is 4.79 Å². The Kier molecular flexibility index (Phi) is 3.45. The number of rotatable bonds is 6. The molecule has 4 unspecified atom stereocenters. The molecule has 0 radical (unpaired) electrons. The largest absolute Gasteiger partial charge is 0.469 e. The van der Waals surface area contributed by atoms with Gasteiger partial charge in [0.1, 0.15) is 5.60 Å². The van der Waals surface area contributed by atoms with Gasteiger partial charge in [0.05, 0.1) is 35.2 Å². The summed E-state index contributed by atoms with van der Waals surface area (Å²) in [6.07, 6.45) is 0.0780. The number of amides is 1. The molecule has 4 atom stereocenters. The molecule has 2 heterocycles. The SMILES string of the molecule is COC(=O)CCN1CC23c4c5c6c7c8c4c4c2c2c9c%10c%11c%12c(c5c5c6c6c%13c%14c%15c%16c%17c(c8c8c4c4c2c2c9c9c%11c%11c%18c%12c5c%13c%18c5c%14c%12c%16c%13c%17c8c4c4c%13c8c%12c5c%11c9c8c24)C72CN(CCNC(=O)OC(C)(C)C)CC6%152)C%103C1. The molecule has 7 nitrogen and oxygen atoms in total. The van der Waals surface area contributed by atoms with E-state index in [0.717, 1.165) is 32.7 Å². The fraction of sp³-hybridized carbons (Fsp3) is 0.227. The lowest BCUT2D eigenvalue weighted by Gasteiger charge is -2.51. The van der Waals surface area contributed by atoms with Gasteiger partial charge >= 0.3 is 12.1 Å². The minimum absolute atomic E-state index is 0.105. The third-order valence-corrected chi connectivity index (χ3v) is 28.7. The fourth-order valence-electron chi connectivity index (χ4n) is 28.5. The van der Waals surface area contributed by atoms with E-state index in [-0.39, 0.29) is 33.7 Å². The van der Waals surface area contributed by atoms with Crippen LogP contribution in [0.1, 0.15) is 71.7 Å². The summed E-state index contributed by atoms with van der Waals surface area (Å²) in [5.41, 5.74) is 11.7. The number of esters is 1. The van der Waals surface area contributed by atoms with Gasteiger partial charge in [0.25, 0.3) is 0 Å². The maximum absolute atomic E-state index is 13.6. The number of carbonyl (C=O) groups is 2. The second-order valence-corrected chi connectivity index (χ2v) is 30.8. The number of benzene rings is 16. The lowest BCUT2D eigenvalue weighted by atomic mass is 9.49. The van der Waals surface area contributed by atoms with Gasteiger partial charge in [0, 0.05) is 45.8 Å². The third-order valence-electron chi connectivity index (χ3n) is 28.7. The average Bonchev–Trinajstić information content (AvgIpc) is 1.38.